The van der Waals surface area contributed by atoms with E-state index in [-0.39, 0.29) is 17.9 Å². The van der Waals surface area contributed by atoms with Gasteiger partial charge in [0.1, 0.15) is 0 Å². The van der Waals surface area contributed by atoms with Gasteiger partial charge in [-0.15, -0.1) is 0 Å². The molecule has 5 nitrogen and oxygen atoms in total. The van der Waals surface area contributed by atoms with Gasteiger partial charge in [0.25, 0.3) is 0 Å². The second kappa shape index (κ2) is 5.27. The fraction of sp³-hybridized carbons (Fsp3) is 0.286. The highest BCUT2D eigenvalue weighted by molar-refractivity contribution is 7.90. The molecule has 0 amide bonds. The Labute approximate surface area is 130 Å². The molecular formula is C14H12F3N3O2S. The Morgan fingerprint density at radius 2 is 1.83 bits per heavy atom. The van der Waals surface area contributed by atoms with Gasteiger partial charge in [-0.25, -0.2) is 18.4 Å². The average Bonchev–Trinajstić information content (AvgIpc) is 2.90. The molecule has 1 aromatic carbocycles. The van der Waals surface area contributed by atoms with Crippen LogP contribution in [0.5, 0.6) is 0 Å². The number of hydrogen-bond acceptors (Lipinski definition) is 5. The minimum atomic E-state index is -4.76. The number of aromatic nitrogens is 2. The number of nitrogens with zero attached hydrogens (tertiary/aromatic N) is 2. The second-order valence-corrected chi connectivity index (χ2v) is 7.34. The summed E-state index contributed by atoms with van der Waals surface area (Å²) in [6, 6.07) is 8.32. The molecule has 1 N–H and O–H groups in total. The van der Waals surface area contributed by atoms with Crippen molar-refractivity contribution in [3.63, 3.8) is 0 Å². The fourth-order valence-electron chi connectivity index (χ4n) is 2.50. The summed E-state index contributed by atoms with van der Waals surface area (Å²) in [5, 5.41) is 1.43. The van der Waals surface area contributed by atoms with E-state index < -0.39 is 27.2 Å². The van der Waals surface area contributed by atoms with Crippen LogP contribution < -0.4 is 5.32 Å². The van der Waals surface area contributed by atoms with Crippen molar-refractivity contribution in [1.29, 1.82) is 0 Å². The van der Waals surface area contributed by atoms with Gasteiger partial charge in [0, 0.05) is 23.9 Å². The molecule has 0 radical (unpaired) electrons. The van der Waals surface area contributed by atoms with E-state index in [1.54, 1.807) is 30.3 Å². The van der Waals surface area contributed by atoms with Crippen molar-refractivity contribution < 1.29 is 21.6 Å². The monoisotopic (exact) mass is 343 g/mol. The van der Waals surface area contributed by atoms with Crippen LogP contribution in [-0.4, -0.2) is 24.6 Å². The molecule has 2 aromatic rings. The van der Waals surface area contributed by atoms with E-state index in [1.807, 2.05) is 0 Å². The SMILES string of the molecule is CS(=O)(=O)C1NCc2c(-c3ccccc3)nc(C(F)(F)F)nc21. The first-order chi connectivity index (χ1) is 10.7. The Morgan fingerprint density at radius 1 is 1.17 bits per heavy atom. The predicted molar refractivity (Wildman–Crippen MR) is 76.9 cm³/mol. The molecule has 1 aromatic heterocycles. The number of benzene rings is 1. The maximum atomic E-state index is 13.1. The molecule has 0 aliphatic carbocycles. The minimum absolute atomic E-state index is 0.0927. The van der Waals surface area contributed by atoms with Crippen LogP contribution in [0.2, 0.25) is 0 Å². The van der Waals surface area contributed by atoms with Crippen LogP contribution in [0.25, 0.3) is 11.3 Å². The predicted octanol–water partition coefficient (Wildman–Crippen LogP) is 2.31. The number of hydrogen-bond donors (Lipinski definition) is 1. The first-order valence-corrected chi connectivity index (χ1v) is 8.59. The van der Waals surface area contributed by atoms with E-state index in [1.165, 1.54) is 0 Å². The molecule has 0 fully saturated rings. The normalized spacial score (nSPS) is 18.0. The molecule has 0 saturated heterocycles. The zero-order valence-electron chi connectivity index (χ0n) is 11.9. The van der Waals surface area contributed by atoms with Crippen LogP contribution in [0.4, 0.5) is 13.2 Å². The Morgan fingerprint density at radius 3 is 2.39 bits per heavy atom. The highest BCUT2D eigenvalue weighted by Gasteiger charge is 2.40. The second-order valence-electron chi connectivity index (χ2n) is 5.21. The van der Waals surface area contributed by atoms with Gasteiger partial charge in [-0.2, -0.15) is 13.2 Å². The lowest BCUT2D eigenvalue weighted by molar-refractivity contribution is -0.145. The van der Waals surface area contributed by atoms with E-state index in [9.17, 15) is 21.6 Å². The number of halogens is 3. The Bertz CT molecular complexity index is 852. The summed E-state index contributed by atoms with van der Waals surface area (Å²) in [6.45, 7) is 0.0927. The molecule has 1 atom stereocenters. The topological polar surface area (TPSA) is 72.0 Å². The number of rotatable bonds is 2. The third-order valence-electron chi connectivity index (χ3n) is 3.48. The zero-order chi connectivity index (χ0) is 16.8. The molecular weight excluding hydrogens is 331 g/mol. The van der Waals surface area contributed by atoms with Gasteiger partial charge in [-0.3, -0.25) is 5.32 Å². The Balaban J connectivity index is 2.28. The minimum Gasteiger partial charge on any atom is -0.292 e. The summed E-state index contributed by atoms with van der Waals surface area (Å²) in [6.07, 6.45) is -3.81. The highest BCUT2D eigenvalue weighted by atomic mass is 32.2. The summed E-state index contributed by atoms with van der Waals surface area (Å²) in [7, 11) is -3.65. The van der Waals surface area contributed by atoms with Gasteiger partial charge in [0.2, 0.25) is 5.82 Å². The quantitative estimate of drug-likeness (QED) is 0.906. The van der Waals surface area contributed by atoms with Crippen LogP contribution in [0, 0.1) is 0 Å². The molecule has 3 rings (SSSR count). The van der Waals surface area contributed by atoms with Crippen LogP contribution in [-0.2, 0) is 22.6 Å². The Hall–Kier alpha value is -2.00. The maximum absolute atomic E-state index is 13.1. The van der Waals surface area contributed by atoms with Gasteiger partial charge >= 0.3 is 6.18 Å². The maximum Gasteiger partial charge on any atom is 0.451 e. The number of nitrogens with one attached hydrogen (secondary N) is 1. The Kier molecular flexibility index (Phi) is 3.64. The van der Waals surface area contributed by atoms with Crippen molar-refractivity contribution in [2.24, 2.45) is 0 Å². The lowest BCUT2D eigenvalue weighted by Crippen LogP contribution is -2.22. The van der Waals surface area contributed by atoms with Crippen molar-refractivity contribution in [2.75, 3.05) is 6.26 Å². The molecule has 2 heterocycles. The van der Waals surface area contributed by atoms with Crippen LogP contribution in [0.3, 0.4) is 0 Å². The molecule has 0 spiro atoms. The van der Waals surface area contributed by atoms with E-state index >= 15 is 0 Å². The smallest absolute Gasteiger partial charge is 0.292 e. The first kappa shape index (κ1) is 15.9. The fourth-order valence-corrected chi connectivity index (χ4v) is 3.49. The van der Waals surface area contributed by atoms with E-state index in [0.717, 1.165) is 6.26 Å². The molecule has 9 heteroatoms. The summed E-state index contributed by atoms with van der Waals surface area (Å²) >= 11 is 0. The number of fused-ring (bicyclic) bond motifs is 1. The standard InChI is InChI=1S/C14H12F3N3O2S/c1-23(21,22)12-11-9(7-18-12)10(8-5-3-2-4-6-8)19-13(20-11)14(15,16)17/h2-6,12,18H,7H2,1H3. The average molecular weight is 343 g/mol. The molecule has 122 valence electrons. The largest absolute Gasteiger partial charge is 0.451 e. The molecule has 1 aliphatic heterocycles. The van der Waals surface area contributed by atoms with Crippen molar-refractivity contribution in [2.45, 2.75) is 18.1 Å². The summed E-state index contributed by atoms with van der Waals surface area (Å²) < 4.78 is 62.8. The zero-order valence-corrected chi connectivity index (χ0v) is 12.7. The van der Waals surface area contributed by atoms with Crippen molar-refractivity contribution in [3.8, 4) is 11.3 Å². The summed E-state index contributed by atoms with van der Waals surface area (Å²) in [5.41, 5.74) is 0.822. The third kappa shape index (κ3) is 2.93. The van der Waals surface area contributed by atoms with Gasteiger partial charge in [-0.05, 0) is 0 Å². The van der Waals surface area contributed by atoms with E-state index in [0.29, 0.717) is 11.1 Å². The molecule has 1 aliphatic rings. The summed E-state index contributed by atoms with van der Waals surface area (Å²) in [5.74, 6) is -1.34. The molecule has 23 heavy (non-hydrogen) atoms. The van der Waals surface area contributed by atoms with E-state index in [4.69, 9.17) is 0 Å². The molecule has 0 bridgehead atoms. The third-order valence-corrected chi connectivity index (χ3v) is 4.73. The number of sulfone groups is 1. The lowest BCUT2D eigenvalue weighted by Gasteiger charge is -2.13. The van der Waals surface area contributed by atoms with Gasteiger partial charge in [-0.1, -0.05) is 30.3 Å². The molecule has 1 unspecified atom stereocenters. The lowest BCUT2D eigenvalue weighted by atomic mass is 10.1. The van der Waals surface area contributed by atoms with E-state index in [2.05, 4.69) is 15.3 Å². The van der Waals surface area contributed by atoms with Gasteiger partial charge in [0.15, 0.2) is 15.2 Å². The van der Waals surface area contributed by atoms with Crippen LogP contribution >= 0.6 is 0 Å². The van der Waals surface area contributed by atoms with Gasteiger partial charge < -0.3 is 0 Å². The number of alkyl halides is 3. The molecule has 0 saturated carbocycles. The first-order valence-electron chi connectivity index (χ1n) is 6.63. The van der Waals surface area contributed by atoms with Crippen molar-refractivity contribution >= 4 is 9.84 Å². The highest BCUT2D eigenvalue weighted by Crippen LogP contribution is 2.37. The van der Waals surface area contributed by atoms with Crippen LogP contribution in [0.15, 0.2) is 30.3 Å². The van der Waals surface area contributed by atoms with Crippen LogP contribution in [0.1, 0.15) is 22.5 Å². The summed E-state index contributed by atoms with van der Waals surface area (Å²) in [4.78, 5) is 7.11. The van der Waals surface area contributed by atoms with Crippen molar-refractivity contribution in [1.82, 2.24) is 15.3 Å². The van der Waals surface area contributed by atoms with Gasteiger partial charge in [0.05, 0.1) is 11.4 Å². The van der Waals surface area contributed by atoms with Crippen molar-refractivity contribution in [3.05, 3.63) is 47.4 Å².